The Morgan fingerprint density at radius 2 is 0.822 bits per heavy atom. The molecule has 0 N–H and O–H groups in total. The van der Waals surface area contributed by atoms with Gasteiger partial charge in [0, 0.05) is 11.4 Å². The maximum atomic E-state index is 2.39. The van der Waals surface area contributed by atoms with Crippen molar-refractivity contribution in [3.63, 3.8) is 0 Å². The molecule has 0 atom stereocenters. The van der Waals surface area contributed by atoms with Crippen LogP contribution >= 0.6 is 0 Å². The van der Waals surface area contributed by atoms with Crippen LogP contribution in [0.15, 0.2) is 151 Å². The van der Waals surface area contributed by atoms with Crippen molar-refractivity contribution >= 4 is 58.3 Å². The Morgan fingerprint density at radius 1 is 0.400 bits per heavy atom. The molecule has 2 nitrogen and oxygen atoms in total. The molecule has 0 amide bonds. The summed E-state index contributed by atoms with van der Waals surface area (Å²) in [5, 5.41) is 0. The van der Waals surface area contributed by atoms with Crippen LogP contribution in [-0.4, -0.2) is 0 Å². The average molecular weight is 581 g/mol. The summed E-state index contributed by atoms with van der Waals surface area (Å²) >= 11 is 0. The summed E-state index contributed by atoms with van der Waals surface area (Å²) in [7, 11) is 0. The molecule has 0 radical (unpaired) electrons. The highest BCUT2D eigenvalue weighted by Gasteiger charge is 2.22. The maximum absolute atomic E-state index is 2.39. The fourth-order valence-corrected chi connectivity index (χ4v) is 6.30. The molecule has 5 aromatic carbocycles. The van der Waals surface area contributed by atoms with Gasteiger partial charge in [0.25, 0.3) is 0 Å². The van der Waals surface area contributed by atoms with E-state index in [-0.39, 0.29) is 0 Å². The first-order valence-corrected chi connectivity index (χ1v) is 15.8. The zero-order valence-electron chi connectivity index (χ0n) is 25.8. The van der Waals surface area contributed by atoms with E-state index in [1.165, 1.54) is 61.8 Å². The first kappa shape index (κ1) is 28.2. The van der Waals surface area contributed by atoms with E-state index in [9.17, 15) is 0 Å². The fraction of sp³-hybridized carbons (Fsp3) is 0.0698. The third kappa shape index (κ3) is 5.36. The van der Waals surface area contributed by atoms with Gasteiger partial charge in [-0.25, -0.2) is 0 Å². The van der Waals surface area contributed by atoms with Gasteiger partial charge >= 0.3 is 0 Å². The van der Waals surface area contributed by atoms with E-state index in [4.69, 9.17) is 0 Å². The lowest BCUT2D eigenvalue weighted by atomic mass is 10.0. The van der Waals surface area contributed by atoms with Crippen LogP contribution in [0.4, 0.5) is 28.4 Å². The largest absolute Gasteiger partial charge is 0.310 e. The first-order valence-electron chi connectivity index (χ1n) is 15.8. The topological polar surface area (TPSA) is 6.48 Å². The van der Waals surface area contributed by atoms with Crippen LogP contribution < -0.4 is 9.80 Å². The molecule has 0 spiro atoms. The molecule has 8 rings (SSSR count). The Kier molecular flexibility index (Phi) is 7.87. The van der Waals surface area contributed by atoms with Crippen molar-refractivity contribution in [1.29, 1.82) is 0 Å². The number of para-hydroxylation sites is 4. The second-order valence-corrected chi connectivity index (χ2v) is 11.0. The summed E-state index contributed by atoms with van der Waals surface area (Å²) in [6.45, 7) is 4.00. The molecule has 2 aliphatic heterocycles. The summed E-state index contributed by atoms with van der Waals surface area (Å²) in [5.74, 6) is 0. The summed E-state index contributed by atoms with van der Waals surface area (Å²) in [5.41, 5.74) is 14.4. The highest BCUT2D eigenvalue weighted by Crippen LogP contribution is 2.43. The van der Waals surface area contributed by atoms with Gasteiger partial charge in [0.15, 0.2) is 0 Å². The molecular formula is C43H36N2. The van der Waals surface area contributed by atoms with Gasteiger partial charge in [-0.15, -0.1) is 0 Å². The number of benzene rings is 5. The maximum Gasteiger partial charge on any atom is 0.0534 e. The molecule has 2 heterocycles. The number of fused-ring (bicyclic) bond motifs is 4. The average Bonchev–Trinajstić information content (AvgIpc) is 3.52. The van der Waals surface area contributed by atoms with Crippen LogP contribution in [0.3, 0.4) is 0 Å². The number of allylic oxidation sites excluding steroid dienone is 5. The number of nitrogens with zero attached hydrogens (tertiary/aromatic N) is 2. The van der Waals surface area contributed by atoms with Crippen LogP contribution in [0.25, 0.3) is 29.9 Å². The standard InChI is InChI=1S/C41H30N2.C2H6/c1-5-16-38-32(10-1)20-21-33-11-2-6-17-39(33)42(38)36-15-9-14-30(24-27-36)31-25-28-37(29-26-31)43-40-18-7-3-12-34(40)22-23-35-13-4-8-19-41(35)43;1-2/h1-8,10-29H,9H2;1-2H3. The number of anilines is 5. The van der Waals surface area contributed by atoms with Crippen LogP contribution in [0.2, 0.25) is 0 Å². The van der Waals surface area contributed by atoms with Crippen molar-refractivity contribution in [2.45, 2.75) is 20.3 Å². The van der Waals surface area contributed by atoms with E-state index in [2.05, 4.69) is 180 Å². The SMILES string of the molecule is C1=CC(N2c3ccccc3C=Cc3ccccc32)=CCC=C1c1ccc(N2c3ccccc3C=Cc3ccccc32)cc1.CC. The number of rotatable bonds is 3. The quantitative estimate of drug-likeness (QED) is 0.205. The molecular weight excluding hydrogens is 544 g/mol. The Morgan fingerprint density at radius 3 is 1.29 bits per heavy atom. The van der Waals surface area contributed by atoms with Gasteiger partial charge in [-0.1, -0.05) is 141 Å². The van der Waals surface area contributed by atoms with Crippen molar-refractivity contribution in [2.75, 3.05) is 9.80 Å². The van der Waals surface area contributed by atoms with Gasteiger partial charge in [0.2, 0.25) is 0 Å². The highest BCUT2D eigenvalue weighted by molar-refractivity contribution is 5.94. The Bertz CT molecular complexity index is 1900. The Labute approximate surface area is 266 Å². The van der Waals surface area contributed by atoms with Gasteiger partial charge in [-0.2, -0.15) is 0 Å². The van der Waals surface area contributed by atoms with Crippen LogP contribution in [0.1, 0.15) is 48.1 Å². The molecule has 0 saturated carbocycles. The minimum absolute atomic E-state index is 0.853. The highest BCUT2D eigenvalue weighted by atomic mass is 15.2. The minimum Gasteiger partial charge on any atom is -0.310 e. The van der Waals surface area contributed by atoms with E-state index in [0.29, 0.717) is 0 Å². The van der Waals surface area contributed by atoms with Crippen molar-refractivity contribution in [2.24, 2.45) is 0 Å². The smallest absolute Gasteiger partial charge is 0.0534 e. The zero-order chi connectivity index (χ0) is 30.6. The summed E-state index contributed by atoms with van der Waals surface area (Å²) < 4.78 is 0. The predicted octanol–water partition coefficient (Wildman–Crippen LogP) is 12.2. The molecule has 0 aromatic heterocycles. The van der Waals surface area contributed by atoms with E-state index >= 15 is 0 Å². The first-order chi connectivity index (χ1) is 22.3. The molecule has 45 heavy (non-hydrogen) atoms. The molecule has 1 aliphatic carbocycles. The lowest BCUT2D eigenvalue weighted by molar-refractivity contribution is 1.18. The zero-order valence-corrected chi connectivity index (χ0v) is 25.8. The molecule has 0 unspecified atom stereocenters. The summed E-state index contributed by atoms with van der Waals surface area (Å²) in [4.78, 5) is 4.76. The minimum atomic E-state index is 0.853. The van der Waals surface area contributed by atoms with Crippen molar-refractivity contribution < 1.29 is 0 Å². The van der Waals surface area contributed by atoms with Crippen molar-refractivity contribution in [1.82, 2.24) is 0 Å². The number of hydrogen-bond acceptors (Lipinski definition) is 2. The van der Waals surface area contributed by atoms with E-state index in [0.717, 1.165) is 12.1 Å². The fourth-order valence-electron chi connectivity index (χ4n) is 6.30. The van der Waals surface area contributed by atoms with Gasteiger partial charge in [0.05, 0.1) is 22.7 Å². The van der Waals surface area contributed by atoms with Gasteiger partial charge in [0.1, 0.15) is 0 Å². The second kappa shape index (κ2) is 12.6. The summed E-state index contributed by atoms with van der Waals surface area (Å²) in [6, 6.07) is 43.5. The molecule has 0 fully saturated rings. The van der Waals surface area contributed by atoms with Crippen molar-refractivity contribution in [3.05, 3.63) is 179 Å². The Balaban J connectivity index is 0.00000160. The van der Waals surface area contributed by atoms with E-state index in [1.54, 1.807) is 0 Å². The molecule has 3 aliphatic rings. The molecule has 0 bridgehead atoms. The van der Waals surface area contributed by atoms with Crippen LogP contribution in [0, 0.1) is 0 Å². The summed E-state index contributed by atoms with van der Waals surface area (Å²) in [6.07, 6.45) is 18.9. The normalized spacial score (nSPS) is 14.3. The Hall–Kier alpha value is -5.60. The number of hydrogen-bond donors (Lipinski definition) is 0. The molecule has 218 valence electrons. The lowest BCUT2D eigenvalue weighted by Gasteiger charge is -2.28. The monoisotopic (exact) mass is 580 g/mol. The van der Waals surface area contributed by atoms with Crippen LogP contribution in [-0.2, 0) is 0 Å². The van der Waals surface area contributed by atoms with Gasteiger partial charge in [-0.05, 0) is 82.3 Å². The third-order valence-corrected chi connectivity index (χ3v) is 8.41. The van der Waals surface area contributed by atoms with Gasteiger partial charge < -0.3 is 9.80 Å². The third-order valence-electron chi connectivity index (χ3n) is 8.41. The predicted molar refractivity (Wildman–Crippen MR) is 195 cm³/mol. The van der Waals surface area contributed by atoms with Crippen molar-refractivity contribution in [3.8, 4) is 0 Å². The lowest BCUT2D eigenvalue weighted by Crippen LogP contribution is -2.16. The molecule has 5 aromatic rings. The van der Waals surface area contributed by atoms with E-state index < -0.39 is 0 Å². The second-order valence-electron chi connectivity index (χ2n) is 11.0. The van der Waals surface area contributed by atoms with Gasteiger partial charge in [-0.3, -0.25) is 0 Å². The van der Waals surface area contributed by atoms with Crippen LogP contribution in [0.5, 0.6) is 0 Å². The van der Waals surface area contributed by atoms with E-state index in [1.807, 2.05) is 13.8 Å². The molecule has 0 saturated heterocycles. The molecule has 2 heteroatoms.